The Kier molecular flexibility index (Phi) is 17.6. The normalized spacial score (nSPS) is 11.0. The lowest BCUT2D eigenvalue weighted by molar-refractivity contribution is 0.678. The van der Waals surface area contributed by atoms with Crippen LogP contribution in [-0.2, 0) is 0 Å². The van der Waals surface area contributed by atoms with Gasteiger partial charge in [-0.15, -0.1) is 0 Å². The van der Waals surface area contributed by atoms with Gasteiger partial charge in [-0.05, 0) is 122 Å². The van der Waals surface area contributed by atoms with Crippen molar-refractivity contribution in [3.8, 4) is 23.7 Å². The van der Waals surface area contributed by atoms with Crippen molar-refractivity contribution in [3.05, 3.63) is 165 Å². The van der Waals surface area contributed by atoms with E-state index < -0.39 is 0 Å². The molecule has 0 amide bonds. The topological polar surface area (TPSA) is 6.48 Å². The van der Waals surface area contributed by atoms with Crippen LogP contribution in [0.25, 0.3) is 24.3 Å². The number of hydrogen-bond acceptors (Lipinski definition) is 2. The summed E-state index contributed by atoms with van der Waals surface area (Å²) in [5.41, 5.74) is 13.4. The van der Waals surface area contributed by atoms with Crippen LogP contribution in [0, 0.1) is 37.5 Å². The second kappa shape index (κ2) is 23.5. The van der Waals surface area contributed by atoms with E-state index in [1.807, 2.05) is 0 Å². The number of aryl methyl sites for hydroxylation is 2. The van der Waals surface area contributed by atoms with E-state index >= 15 is 0 Å². The molecule has 0 heterocycles. The fourth-order valence-electron chi connectivity index (χ4n) is 6.78. The van der Waals surface area contributed by atoms with Gasteiger partial charge in [0.05, 0.1) is 0 Å². The van der Waals surface area contributed by atoms with Gasteiger partial charge in [0.2, 0.25) is 0 Å². The molecule has 0 aliphatic heterocycles. The molecule has 5 aromatic carbocycles. The number of unbranched alkanes of at least 4 members (excludes halogenated alkanes) is 4. The van der Waals surface area contributed by atoms with Gasteiger partial charge in [0.15, 0.2) is 0 Å². The molecule has 0 aliphatic carbocycles. The summed E-state index contributed by atoms with van der Waals surface area (Å²) >= 11 is 0. The first-order valence-electron chi connectivity index (χ1n) is 21.8. The number of anilines is 2. The third kappa shape index (κ3) is 13.7. The first kappa shape index (κ1) is 43.4. The maximum absolute atomic E-state index is 3.51. The largest absolute Gasteiger partial charge is 0.372 e. The minimum absolute atomic E-state index is 0.915. The van der Waals surface area contributed by atoms with Gasteiger partial charge < -0.3 is 9.80 Å². The Morgan fingerprint density at radius 1 is 0.397 bits per heavy atom. The summed E-state index contributed by atoms with van der Waals surface area (Å²) in [4.78, 5) is 5.08. The molecule has 0 saturated heterocycles. The average Bonchev–Trinajstić information content (AvgIpc) is 3.25. The highest BCUT2D eigenvalue weighted by molar-refractivity contribution is 5.82. The molecule has 0 aliphatic rings. The van der Waals surface area contributed by atoms with Gasteiger partial charge in [-0.1, -0.05) is 161 Å². The first-order valence-corrected chi connectivity index (χ1v) is 21.8. The predicted octanol–water partition coefficient (Wildman–Crippen LogP) is 14.3. The molecule has 0 unspecified atom stereocenters. The molecule has 0 bridgehead atoms. The molecule has 0 atom stereocenters. The molecule has 0 saturated carbocycles. The summed E-state index contributed by atoms with van der Waals surface area (Å²) in [5.74, 6) is 13.9. The minimum Gasteiger partial charge on any atom is -0.372 e. The van der Waals surface area contributed by atoms with E-state index in [9.17, 15) is 0 Å². The van der Waals surface area contributed by atoms with Crippen LogP contribution in [0.4, 0.5) is 11.4 Å². The standard InChI is InChI=1S/C56H64N2/c1-7-11-39-57(40-12-8-2)55-35-27-49(28-36-55)25-33-53-43-51(31-23-47-19-15-45(5)16-20-47)52(32-24-48-21-17-46(6)18-22-48)44-54(53)34-26-50-29-37-56(38-30-50)58(41-13-9-3)42-14-10-4/h15-22,25-30,33-38,43-44H,7-14,39-42H2,1-6H3/b33-25+,34-26+. The molecule has 2 heteroatoms. The van der Waals surface area contributed by atoms with Gasteiger partial charge in [-0.2, -0.15) is 0 Å². The number of benzene rings is 5. The molecule has 0 spiro atoms. The summed E-state index contributed by atoms with van der Waals surface area (Å²) < 4.78 is 0. The van der Waals surface area contributed by atoms with Crippen LogP contribution in [0.3, 0.4) is 0 Å². The van der Waals surface area contributed by atoms with Gasteiger partial charge in [-0.25, -0.2) is 0 Å². The Labute approximate surface area is 351 Å². The lowest BCUT2D eigenvalue weighted by Crippen LogP contribution is -2.25. The van der Waals surface area contributed by atoms with Crippen molar-refractivity contribution in [1.82, 2.24) is 0 Å². The van der Waals surface area contributed by atoms with Crippen molar-refractivity contribution in [2.45, 2.75) is 92.9 Å². The highest BCUT2D eigenvalue weighted by atomic mass is 15.1. The maximum Gasteiger partial charge on any atom is 0.0412 e. The highest BCUT2D eigenvalue weighted by Gasteiger charge is 2.09. The van der Waals surface area contributed by atoms with Gasteiger partial charge in [-0.3, -0.25) is 0 Å². The molecule has 5 aromatic rings. The number of hydrogen-bond donors (Lipinski definition) is 0. The molecule has 5 rings (SSSR count). The van der Waals surface area contributed by atoms with E-state index in [-0.39, 0.29) is 0 Å². The Hall–Kier alpha value is -5.70. The van der Waals surface area contributed by atoms with Gasteiger partial charge >= 0.3 is 0 Å². The summed E-state index contributed by atoms with van der Waals surface area (Å²) in [6.07, 6.45) is 18.6. The quantitative estimate of drug-likeness (QED) is 0.0648. The molecule has 0 N–H and O–H groups in total. The predicted molar refractivity (Wildman–Crippen MR) is 256 cm³/mol. The smallest absolute Gasteiger partial charge is 0.0412 e. The lowest BCUT2D eigenvalue weighted by atomic mass is 9.96. The Morgan fingerprint density at radius 2 is 0.724 bits per heavy atom. The molecule has 0 aromatic heterocycles. The monoisotopic (exact) mass is 765 g/mol. The summed E-state index contributed by atoms with van der Waals surface area (Å²) in [5, 5.41) is 0. The molecule has 0 radical (unpaired) electrons. The van der Waals surface area contributed by atoms with Crippen molar-refractivity contribution in [1.29, 1.82) is 0 Å². The number of nitrogens with zero attached hydrogens (tertiary/aromatic N) is 2. The van der Waals surface area contributed by atoms with Gasteiger partial charge in [0, 0.05) is 59.8 Å². The second-order valence-electron chi connectivity index (χ2n) is 15.5. The van der Waals surface area contributed by atoms with Crippen molar-refractivity contribution in [2.24, 2.45) is 0 Å². The van der Waals surface area contributed by atoms with Crippen molar-refractivity contribution in [2.75, 3.05) is 36.0 Å². The van der Waals surface area contributed by atoms with Crippen LogP contribution in [0.2, 0.25) is 0 Å². The van der Waals surface area contributed by atoms with Crippen LogP contribution < -0.4 is 9.80 Å². The van der Waals surface area contributed by atoms with Crippen LogP contribution in [0.15, 0.2) is 109 Å². The summed E-state index contributed by atoms with van der Waals surface area (Å²) in [7, 11) is 0. The lowest BCUT2D eigenvalue weighted by Gasteiger charge is -2.24. The van der Waals surface area contributed by atoms with E-state index in [1.54, 1.807) is 0 Å². The average molecular weight is 765 g/mol. The fourth-order valence-corrected chi connectivity index (χ4v) is 6.78. The van der Waals surface area contributed by atoms with E-state index in [4.69, 9.17) is 0 Å². The Morgan fingerprint density at radius 3 is 1.03 bits per heavy atom. The number of rotatable bonds is 18. The molecular weight excluding hydrogens is 701 g/mol. The summed E-state index contributed by atoms with van der Waals surface area (Å²) in [6.45, 7) is 17.7. The SMILES string of the molecule is CCCCN(CCCC)c1ccc(/C=C/c2cc(C#Cc3ccc(C)cc3)c(C#Cc3ccc(C)cc3)cc2/C=C/c2ccc(N(CCCC)CCCC)cc2)cc1. The first-order chi connectivity index (χ1) is 28.4. The third-order valence-electron chi connectivity index (χ3n) is 10.6. The van der Waals surface area contributed by atoms with Crippen molar-refractivity contribution >= 4 is 35.7 Å². The molecular formula is C56H64N2. The van der Waals surface area contributed by atoms with E-state index in [2.05, 4.69) is 209 Å². The van der Waals surface area contributed by atoms with Crippen LogP contribution in [-0.4, -0.2) is 26.2 Å². The minimum atomic E-state index is 0.915. The van der Waals surface area contributed by atoms with E-state index in [0.29, 0.717) is 0 Å². The molecule has 0 fully saturated rings. The molecule has 298 valence electrons. The zero-order valence-electron chi connectivity index (χ0n) is 36.1. The van der Waals surface area contributed by atoms with Gasteiger partial charge in [0.25, 0.3) is 0 Å². The third-order valence-corrected chi connectivity index (χ3v) is 10.6. The zero-order chi connectivity index (χ0) is 41.0. The van der Waals surface area contributed by atoms with Crippen LogP contribution in [0.5, 0.6) is 0 Å². The maximum atomic E-state index is 3.51. The van der Waals surface area contributed by atoms with Crippen LogP contribution in [0.1, 0.15) is 135 Å². The van der Waals surface area contributed by atoms with Crippen LogP contribution >= 0.6 is 0 Å². The molecule has 2 nitrogen and oxygen atoms in total. The van der Waals surface area contributed by atoms with E-state index in [1.165, 1.54) is 85.0 Å². The Balaban J connectivity index is 1.55. The van der Waals surface area contributed by atoms with Crippen molar-refractivity contribution < 1.29 is 0 Å². The fraction of sp³-hybridized carbons (Fsp3) is 0.321. The second-order valence-corrected chi connectivity index (χ2v) is 15.5. The molecule has 58 heavy (non-hydrogen) atoms. The van der Waals surface area contributed by atoms with Gasteiger partial charge in [0.1, 0.15) is 0 Å². The van der Waals surface area contributed by atoms with Crippen molar-refractivity contribution in [3.63, 3.8) is 0 Å². The zero-order valence-corrected chi connectivity index (χ0v) is 36.1. The Bertz CT molecular complexity index is 2000. The summed E-state index contributed by atoms with van der Waals surface area (Å²) in [6, 6.07) is 39.4. The highest BCUT2D eigenvalue weighted by Crippen LogP contribution is 2.25. The van der Waals surface area contributed by atoms with E-state index in [0.717, 1.165) is 59.6 Å².